The van der Waals surface area contributed by atoms with Crippen LogP contribution in [0.3, 0.4) is 0 Å². The molecule has 0 saturated carbocycles. The fraction of sp³-hybridized carbons (Fsp3) is 0.263. The summed E-state index contributed by atoms with van der Waals surface area (Å²) in [6, 6.07) is 15.8. The van der Waals surface area contributed by atoms with E-state index in [1.54, 1.807) is 12.1 Å². The molecule has 1 aliphatic heterocycles. The molecule has 1 fully saturated rings. The van der Waals surface area contributed by atoms with Crippen LogP contribution in [-0.4, -0.2) is 37.7 Å². The van der Waals surface area contributed by atoms with Gasteiger partial charge in [-0.3, -0.25) is 15.0 Å². The third kappa shape index (κ3) is 3.71. The van der Waals surface area contributed by atoms with Gasteiger partial charge in [0.2, 0.25) is 11.7 Å². The van der Waals surface area contributed by atoms with Crippen molar-refractivity contribution in [1.82, 2.24) is 15.0 Å². The summed E-state index contributed by atoms with van der Waals surface area (Å²) in [4.78, 5) is 16.9. The molecule has 0 bridgehead atoms. The number of nitrogens with zero attached hydrogens (tertiary/aromatic N) is 4. The normalized spacial score (nSPS) is 20.0. The number of hydrogen-bond acceptors (Lipinski definition) is 7. The standard InChI is InChI=1S/C19H18N4O4/c24-16-10-17(19-20-18(21-27-19)14-4-2-1-3-5-14)22(12-16)11-13-6-8-15(9-7-13)23(25)26/h1-9,16-17,24H,10-12H2/t16-,17+/m1/s1. The Bertz CT molecular complexity index is 926. The molecule has 2 heterocycles. The zero-order chi connectivity index (χ0) is 18.8. The van der Waals surface area contributed by atoms with Gasteiger partial charge in [-0.05, 0) is 12.0 Å². The minimum atomic E-state index is -0.486. The van der Waals surface area contributed by atoms with Gasteiger partial charge in [-0.2, -0.15) is 4.98 Å². The molecule has 1 N–H and O–H groups in total. The molecule has 138 valence electrons. The Balaban J connectivity index is 1.53. The van der Waals surface area contributed by atoms with E-state index in [0.29, 0.717) is 31.2 Å². The molecule has 4 rings (SSSR count). The van der Waals surface area contributed by atoms with Crippen LogP contribution in [0.1, 0.15) is 23.9 Å². The Labute approximate surface area is 155 Å². The fourth-order valence-corrected chi connectivity index (χ4v) is 3.34. The van der Waals surface area contributed by atoms with Crippen molar-refractivity contribution in [3.8, 4) is 11.4 Å². The SMILES string of the molecule is O=[N+]([O-])c1ccc(CN2C[C@H](O)C[C@H]2c2nc(-c3ccccc3)no2)cc1. The first-order chi connectivity index (χ1) is 13.1. The lowest BCUT2D eigenvalue weighted by Gasteiger charge is -2.21. The zero-order valence-electron chi connectivity index (χ0n) is 14.4. The van der Waals surface area contributed by atoms with Crippen LogP contribution >= 0.6 is 0 Å². The summed E-state index contributed by atoms with van der Waals surface area (Å²) >= 11 is 0. The lowest BCUT2D eigenvalue weighted by atomic mass is 10.1. The van der Waals surface area contributed by atoms with Gasteiger partial charge in [0.05, 0.1) is 17.1 Å². The number of likely N-dealkylation sites (tertiary alicyclic amines) is 1. The van der Waals surface area contributed by atoms with E-state index >= 15 is 0 Å². The topological polar surface area (TPSA) is 106 Å². The number of nitro benzene ring substituents is 1. The highest BCUT2D eigenvalue weighted by atomic mass is 16.6. The molecule has 0 spiro atoms. The van der Waals surface area contributed by atoms with Crippen LogP contribution in [0.5, 0.6) is 0 Å². The van der Waals surface area contributed by atoms with Crippen molar-refractivity contribution >= 4 is 5.69 Å². The third-order valence-corrected chi connectivity index (χ3v) is 4.67. The zero-order valence-corrected chi connectivity index (χ0v) is 14.4. The monoisotopic (exact) mass is 366 g/mol. The molecule has 8 heteroatoms. The average molecular weight is 366 g/mol. The van der Waals surface area contributed by atoms with Crippen molar-refractivity contribution < 1.29 is 14.6 Å². The van der Waals surface area contributed by atoms with Gasteiger partial charge in [-0.1, -0.05) is 47.6 Å². The summed E-state index contributed by atoms with van der Waals surface area (Å²) in [5.41, 5.74) is 1.84. The average Bonchev–Trinajstić information content (AvgIpc) is 3.29. The summed E-state index contributed by atoms with van der Waals surface area (Å²) in [5, 5.41) is 25.0. The second-order valence-electron chi connectivity index (χ2n) is 6.58. The number of aromatic nitrogens is 2. The van der Waals surface area contributed by atoms with Crippen LogP contribution in [0, 0.1) is 10.1 Å². The maximum absolute atomic E-state index is 10.8. The van der Waals surface area contributed by atoms with Gasteiger partial charge >= 0.3 is 0 Å². The predicted octanol–water partition coefficient (Wildman–Crippen LogP) is 2.95. The second kappa shape index (κ2) is 7.26. The number of aliphatic hydroxyl groups excluding tert-OH is 1. The van der Waals surface area contributed by atoms with Crippen molar-refractivity contribution in [3.63, 3.8) is 0 Å². The highest BCUT2D eigenvalue weighted by Crippen LogP contribution is 2.33. The van der Waals surface area contributed by atoms with Crippen LogP contribution in [0.4, 0.5) is 5.69 Å². The number of nitro groups is 1. The Morgan fingerprint density at radius 1 is 1.19 bits per heavy atom. The Morgan fingerprint density at radius 3 is 2.63 bits per heavy atom. The molecule has 2 atom stereocenters. The van der Waals surface area contributed by atoms with Gasteiger partial charge < -0.3 is 9.63 Å². The van der Waals surface area contributed by atoms with Crippen molar-refractivity contribution in [2.45, 2.75) is 25.1 Å². The van der Waals surface area contributed by atoms with Gasteiger partial charge in [0.25, 0.3) is 5.69 Å². The Kier molecular flexibility index (Phi) is 4.66. The molecule has 1 aromatic heterocycles. The third-order valence-electron chi connectivity index (χ3n) is 4.67. The first-order valence-electron chi connectivity index (χ1n) is 8.64. The quantitative estimate of drug-likeness (QED) is 0.546. The molecule has 2 aromatic carbocycles. The molecule has 8 nitrogen and oxygen atoms in total. The molecule has 0 unspecified atom stereocenters. The van der Waals surface area contributed by atoms with Gasteiger partial charge in [0, 0.05) is 30.8 Å². The highest BCUT2D eigenvalue weighted by Gasteiger charge is 2.36. The Morgan fingerprint density at radius 2 is 1.93 bits per heavy atom. The van der Waals surface area contributed by atoms with Gasteiger partial charge in [0.15, 0.2) is 0 Å². The van der Waals surface area contributed by atoms with E-state index in [-0.39, 0.29) is 11.7 Å². The van der Waals surface area contributed by atoms with E-state index in [1.807, 2.05) is 35.2 Å². The number of hydrogen-bond donors (Lipinski definition) is 1. The molecule has 0 radical (unpaired) electrons. The fourth-order valence-electron chi connectivity index (χ4n) is 3.34. The first-order valence-corrected chi connectivity index (χ1v) is 8.64. The molecule has 3 aromatic rings. The first kappa shape index (κ1) is 17.3. The number of β-amino-alcohol motifs (C(OH)–C–C–N with tert-alkyl or cyclic N) is 1. The van der Waals surface area contributed by atoms with E-state index in [9.17, 15) is 15.2 Å². The van der Waals surface area contributed by atoms with Crippen LogP contribution in [0.15, 0.2) is 59.1 Å². The summed E-state index contributed by atoms with van der Waals surface area (Å²) in [6.07, 6.45) is 0.0174. The van der Waals surface area contributed by atoms with Crippen LogP contribution in [0.25, 0.3) is 11.4 Å². The van der Waals surface area contributed by atoms with Crippen LogP contribution in [-0.2, 0) is 6.54 Å². The van der Waals surface area contributed by atoms with Gasteiger partial charge in [-0.15, -0.1) is 0 Å². The Hall–Kier alpha value is -3.10. The van der Waals surface area contributed by atoms with Crippen LogP contribution in [0.2, 0.25) is 0 Å². The lowest BCUT2D eigenvalue weighted by molar-refractivity contribution is -0.384. The van der Waals surface area contributed by atoms with Gasteiger partial charge in [0.1, 0.15) is 0 Å². The highest BCUT2D eigenvalue weighted by molar-refractivity contribution is 5.53. The predicted molar refractivity (Wildman–Crippen MR) is 96.6 cm³/mol. The minimum Gasteiger partial charge on any atom is -0.392 e. The van der Waals surface area contributed by atoms with E-state index in [4.69, 9.17) is 4.52 Å². The van der Waals surface area contributed by atoms with Crippen molar-refractivity contribution in [2.75, 3.05) is 6.54 Å². The van der Waals surface area contributed by atoms with Gasteiger partial charge in [-0.25, -0.2) is 0 Å². The lowest BCUT2D eigenvalue weighted by Crippen LogP contribution is -2.24. The molecular formula is C19H18N4O4. The van der Waals surface area contributed by atoms with Crippen LogP contribution < -0.4 is 0 Å². The number of aliphatic hydroxyl groups is 1. The molecular weight excluding hydrogens is 348 g/mol. The maximum atomic E-state index is 10.8. The minimum absolute atomic E-state index is 0.0566. The van der Waals surface area contributed by atoms with Crippen molar-refractivity contribution in [2.24, 2.45) is 0 Å². The molecule has 27 heavy (non-hydrogen) atoms. The summed E-state index contributed by atoms with van der Waals surface area (Å²) in [5.74, 6) is 0.981. The maximum Gasteiger partial charge on any atom is 0.269 e. The van der Waals surface area contributed by atoms with Crippen molar-refractivity contribution in [3.05, 3.63) is 76.2 Å². The number of non-ortho nitro benzene ring substituents is 1. The van der Waals surface area contributed by atoms with Crippen molar-refractivity contribution in [1.29, 1.82) is 0 Å². The second-order valence-corrected chi connectivity index (χ2v) is 6.58. The van der Waals surface area contributed by atoms with E-state index in [2.05, 4.69) is 10.1 Å². The molecule has 0 amide bonds. The van der Waals surface area contributed by atoms with E-state index < -0.39 is 11.0 Å². The molecule has 1 aliphatic rings. The van der Waals surface area contributed by atoms with E-state index in [0.717, 1.165) is 11.1 Å². The summed E-state index contributed by atoms with van der Waals surface area (Å²) in [6.45, 7) is 1.01. The largest absolute Gasteiger partial charge is 0.392 e. The summed E-state index contributed by atoms with van der Waals surface area (Å²) < 4.78 is 5.47. The number of rotatable bonds is 5. The number of benzene rings is 2. The molecule has 1 saturated heterocycles. The smallest absolute Gasteiger partial charge is 0.269 e. The molecule has 0 aliphatic carbocycles. The van der Waals surface area contributed by atoms with E-state index in [1.165, 1.54) is 12.1 Å². The summed E-state index contributed by atoms with van der Waals surface area (Å²) in [7, 11) is 0.